The van der Waals surface area contributed by atoms with Gasteiger partial charge in [-0.05, 0) is 25.7 Å². The van der Waals surface area contributed by atoms with E-state index in [9.17, 15) is 43.2 Å². The summed E-state index contributed by atoms with van der Waals surface area (Å²) < 4.78 is 67.7. The summed E-state index contributed by atoms with van der Waals surface area (Å²) in [5.41, 5.74) is 0. The van der Waals surface area contributed by atoms with Gasteiger partial charge in [-0.1, -0.05) is 265 Å². The van der Waals surface area contributed by atoms with Crippen LogP contribution in [0.15, 0.2) is 0 Å². The number of carbonyl (C=O) groups is 4. The zero-order valence-corrected chi connectivity index (χ0v) is 53.5. The molecule has 2 unspecified atom stereocenters. The van der Waals surface area contributed by atoms with E-state index in [0.717, 1.165) is 116 Å². The molecule has 5 atom stereocenters. The van der Waals surface area contributed by atoms with Gasteiger partial charge in [0.25, 0.3) is 0 Å². The minimum absolute atomic E-state index is 0.104. The molecule has 0 aliphatic heterocycles. The smallest absolute Gasteiger partial charge is 0.462 e. The van der Waals surface area contributed by atoms with Gasteiger partial charge in [0.1, 0.15) is 19.3 Å². The third-order valence-corrected chi connectivity index (χ3v) is 16.3. The second kappa shape index (κ2) is 57.2. The highest BCUT2D eigenvalue weighted by atomic mass is 31.2. The Morgan fingerprint density at radius 2 is 0.494 bits per heavy atom. The summed E-state index contributed by atoms with van der Waals surface area (Å²) in [6.07, 6.45) is 41.9. The maximum Gasteiger partial charge on any atom is 0.472 e. The van der Waals surface area contributed by atoms with Crippen LogP contribution >= 0.6 is 15.6 Å². The Hall–Kier alpha value is -1.94. The summed E-state index contributed by atoms with van der Waals surface area (Å²) in [5, 5.41) is 10.5. The molecule has 17 nitrogen and oxygen atoms in total. The van der Waals surface area contributed by atoms with Gasteiger partial charge >= 0.3 is 39.5 Å². The number of rotatable bonds is 63. The Morgan fingerprint density at radius 3 is 0.728 bits per heavy atom. The molecule has 0 saturated carbocycles. The Morgan fingerprint density at radius 1 is 0.296 bits per heavy atom. The Kier molecular flexibility index (Phi) is 55.8. The van der Waals surface area contributed by atoms with Crippen molar-refractivity contribution >= 4 is 39.5 Å². The first-order valence-corrected chi connectivity index (χ1v) is 35.8. The predicted molar refractivity (Wildman–Crippen MR) is 322 cm³/mol. The lowest BCUT2D eigenvalue weighted by atomic mass is 10.0. The number of hydrogen-bond acceptors (Lipinski definition) is 15. The Balaban J connectivity index is 5.16. The van der Waals surface area contributed by atoms with Gasteiger partial charge in [0, 0.05) is 25.7 Å². The molecule has 0 spiro atoms. The minimum Gasteiger partial charge on any atom is -0.462 e. The average Bonchev–Trinajstić information content (AvgIpc) is 3.44. The molecule has 0 bridgehead atoms. The molecule has 0 aromatic rings. The van der Waals surface area contributed by atoms with E-state index in [0.29, 0.717) is 25.7 Å². The Labute approximate surface area is 492 Å². The number of carbonyl (C=O) groups excluding carboxylic acids is 4. The summed E-state index contributed by atoms with van der Waals surface area (Å²) in [6, 6.07) is 0. The minimum atomic E-state index is -4.94. The van der Waals surface area contributed by atoms with E-state index in [1.807, 2.05) is 0 Å². The van der Waals surface area contributed by atoms with E-state index in [4.69, 9.17) is 37.0 Å². The van der Waals surface area contributed by atoms with E-state index in [-0.39, 0.29) is 25.7 Å². The molecule has 480 valence electrons. The molecule has 0 aliphatic carbocycles. The highest BCUT2D eigenvalue weighted by molar-refractivity contribution is 7.47. The standard InChI is InChI=1S/C62H120O17P2/c1-5-9-13-17-21-23-25-26-27-28-29-31-33-37-41-45-49-62(67)79-58(53-73-60(65)47-43-39-36-32-30-24-22-18-14-10-6-2)55-77-81(70,71)75-51-56(63)50-74-80(68,69)76-54-57(78-61(66)48-44-40-35-20-16-12-8-4)52-72-59(64)46-42-38-34-19-15-11-7-3/h56-58,63H,5-55H2,1-4H3,(H,68,69)(H,70,71)/t56-,57+,58+/m0/s1. The van der Waals surface area contributed by atoms with Crippen molar-refractivity contribution in [3.8, 4) is 0 Å². The van der Waals surface area contributed by atoms with E-state index in [1.54, 1.807) is 0 Å². The van der Waals surface area contributed by atoms with Gasteiger partial charge in [-0.3, -0.25) is 37.3 Å². The molecule has 0 amide bonds. The summed E-state index contributed by atoms with van der Waals surface area (Å²) in [6.45, 7) is 4.80. The number of unbranched alkanes of at least 4 members (excludes halogenated alkanes) is 37. The molecule has 19 heteroatoms. The number of phosphoric ester groups is 2. The predicted octanol–water partition coefficient (Wildman–Crippen LogP) is 17.2. The molecule has 0 saturated heterocycles. The molecule has 0 radical (unpaired) electrons. The molecular weight excluding hydrogens is 1080 g/mol. The molecule has 0 aromatic carbocycles. The van der Waals surface area contributed by atoms with Crippen LogP contribution in [-0.2, 0) is 65.4 Å². The first-order valence-electron chi connectivity index (χ1n) is 32.8. The highest BCUT2D eigenvalue weighted by Crippen LogP contribution is 2.45. The number of phosphoric acid groups is 2. The van der Waals surface area contributed by atoms with Crippen LogP contribution in [0.1, 0.15) is 317 Å². The number of aliphatic hydroxyl groups is 1. The van der Waals surface area contributed by atoms with Crippen molar-refractivity contribution in [2.24, 2.45) is 0 Å². The van der Waals surface area contributed by atoms with Crippen LogP contribution in [0, 0.1) is 0 Å². The van der Waals surface area contributed by atoms with Crippen LogP contribution in [0.25, 0.3) is 0 Å². The summed E-state index contributed by atoms with van der Waals surface area (Å²) in [5.74, 6) is -2.14. The lowest BCUT2D eigenvalue weighted by molar-refractivity contribution is -0.161. The van der Waals surface area contributed by atoms with Crippen molar-refractivity contribution in [2.45, 2.75) is 335 Å². The number of esters is 4. The third kappa shape index (κ3) is 56.9. The normalized spacial score (nSPS) is 14.2. The number of hydrogen-bond donors (Lipinski definition) is 3. The van der Waals surface area contributed by atoms with Gasteiger partial charge in [-0.2, -0.15) is 0 Å². The summed E-state index contributed by atoms with van der Waals surface area (Å²) >= 11 is 0. The van der Waals surface area contributed by atoms with Crippen LogP contribution in [0.4, 0.5) is 0 Å². The van der Waals surface area contributed by atoms with Crippen molar-refractivity contribution in [2.75, 3.05) is 39.6 Å². The fraction of sp³-hybridized carbons (Fsp3) is 0.935. The third-order valence-electron chi connectivity index (χ3n) is 14.4. The maximum atomic E-state index is 13.0. The molecular formula is C62H120O17P2. The van der Waals surface area contributed by atoms with Crippen molar-refractivity contribution in [3.63, 3.8) is 0 Å². The second-order valence-corrected chi connectivity index (χ2v) is 25.4. The second-order valence-electron chi connectivity index (χ2n) is 22.4. The first-order chi connectivity index (χ1) is 39.2. The molecule has 0 aliphatic rings. The molecule has 0 fully saturated rings. The fourth-order valence-corrected chi connectivity index (χ4v) is 10.9. The van der Waals surface area contributed by atoms with Crippen molar-refractivity contribution < 1.29 is 80.2 Å². The molecule has 3 N–H and O–H groups in total. The van der Waals surface area contributed by atoms with Crippen LogP contribution < -0.4 is 0 Å². The van der Waals surface area contributed by atoms with Crippen molar-refractivity contribution in [1.29, 1.82) is 0 Å². The SMILES string of the molecule is CCCCCCCCCCCCCCCCCCC(=O)O[C@H](COC(=O)CCCCCCCCCCCCC)COP(=O)(O)OC[C@@H](O)COP(=O)(O)OC[C@@H](COC(=O)CCCCCCCCC)OC(=O)CCCCCCCCC. The average molecular weight is 1200 g/mol. The van der Waals surface area contributed by atoms with Crippen LogP contribution in [0.2, 0.25) is 0 Å². The van der Waals surface area contributed by atoms with Gasteiger partial charge in [-0.25, -0.2) is 9.13 Å². The van der Waals surface area contributed by atoms with Crippen LogP contribution in [0.5, 0.6) is 0 Å². The first kappa shape index (κ1) is 79.1. The van der Waals surface area contributed by atoms with Crippen molar-refractivity contribution in [1.82, 2.24) is 0 Å². The van der Waals surface area contributed by atoms with Crippen LogP contribution in [0.3, 0.4) is 0 Å². The summed E-state index contributed by atoms with van der Waals surface area (Å²) in [7, 11) is -9.87. The zero-order chi connectivity index (χ0) is 59.8. The van der Waals surface area contributed by atoms with Gasteiger partial charge in [0.2, 0.25) is 0 Å². The Bertz CT molecular complexity index is 1570. The van der Waals surface area contributed by atoms with E-state index in [1.165, 1.54) is 122 Å². The lowest BCUT2D eigenvalue weighted by Gasteiger charge is -2.21. The quantitative estimate of drug-likeness (QED) is 0.0222. The van der Waals surface area contributed by atoms with Gasteiger partial charge < -0.3 is 33.8 Å². The van der Waals surface area contributed by atoms with Crippen molar-refractivity contribution in [3.05, 3.63) is 0 Å². The van der Waals surface area contributed by atoms with E-state index < -0.39 is 97.5 Å². The lowest BCUT2D eigenvalue weighted by Crippen LogP contribution is -2.30. The van der Waals surface area contributed by atoms with Gasteiger partial charge in [-0.15, -0.1) is 0 Å². The highest BCUT2D eigenvalue weighted by Gasteiger charge is 2.30. The van der Waals surface area contributed by atoms with Gasteiger partial charge in [0.05, 0.1) is 26.4 Å². The summed E-state index contributed by atoms with van der Waals surface area (Å²) in [4.78, 5) is 71.9. The molecule has 0 rings (SSSR count). The topological polar surface area (TPSA) is 237 Å². The number of ether oxygens (including phenoxy) is 4. The molecule has 0 heterocycles. The van der Waals surface area contributed by atoms with Crippen LogP contribution in [-0.4, -0.2) is 96.7 Å². The monoisotopic (exact) mass is 1200 g/mol. The van der Waals surface area contributed by atoms with Gasteiger partial charge in [0.15, 0.2) is 12.2 Å². The fourth-order valence-electron chi connectivity index (χ4n) is 9.28. The molecule has 0 aromatic heterocycles. The maximum absolute atomic E-state index is 13.0. The van der Waals surface area contributed by atoms with E-state index >= 15 is 0 Å². The zero-order valence-electron chi connectivity index (χ0n) is 51.7. The number of aliphatic hydroxyl groups excluding tert-OH is 1. The largest absolute Gasteiger partial charge is 0.472 e. The molecule has 81 heavy (non-hydrogen) atoms. The van der Waals surface area contributed by atoms with E-state index in [2.05, 4.69) is 27.7 Å².